The summed E-state index contributed by atoms with van der Waals surface area (Å²) in [4.78, 5) is 16.2. The topological polar surface area (TPSA) is 54.0 Å². The molecule has 1 saturated heterocycles. The molecule has 1 aromatic carbocycles. The highest BCUT2D eigenvalue weighted by molar-refractivity contribution is 8.01. The van der Waals surface area contributed by atoms with Crippen molar-refractivity contribution >= 4 is 39.2 Å². The number of nitrogens with zero attached hydrogens (tertiary/aromatic N) is 1. The minimum Gasteiger partial charge on any atom is -0.355 e. The van der Waals surface area contributed by atoms with Crippen LogP contribution in [0, 0.1) is 5.92 Å². The van der Waals surface area contributed by atoms with Gasteiger partial charge in [0.1, 0.15) is 0 Å². The number of thioether (sulfide) groups is 1. The first-order valence-electron chi connectivity index (χ1n) is 6.27. The highest BCUT2D eigenvalue weighted by Crippen LogP contribution is 2.28. The lowest BCUT2D eigenvalue weighted by Crippen LogP contribution is -2.48. The van der Waals surface area contributed by atoms with Crippen LogP contribution in [0.5, 0.6) is 0 Å². The Bertz CT molecular complexity index is 547. The molecule has 1 aliphatic rings. The molecule has 2 heterocycles. The van der Waals surface area contributed by atoms with Gasteiger partial charge in [0.05, 0.1) is 16.0 Å². The number of para-hydroxylation sites is 1. The van der Waals surface area contributed by atoms with E-state index in [0.29, 0.717) is 11.7 Å². The number of aromatic nitrogens is 1. The van der Waals surface area contributed by atoms with E-state index in [1.165, 1.54) is 16.5 Å². The number of fused-ring (bicyclic) bond motifs is 1. The maximum absolute atomic E-state index is 11.7. The van der Waals surface area contributed by atoms with Crippen LogP contribution in [0.3, 0.4) is 0 Å². The predicted molar refractivity (Wildman–Crippen MR) is 79.7 cm³/mol. The smallest absolute Gasteiger partial charge is 0.230 e. The van der Waals surface area contributed by atoms with Gasteiger partial charge in [-0.3, -0.25) is 4.79 Å². The van der Waals surface area contributed by atoms with Gasteiger partial charge in [-0.2, -0.15) is 0 Å². The third-order valence-corrected chi connectivity index (χ3v) is 5.23. The van der Waals surface area contributed by atoms with Gasteiger partial charge in [0.25, 0.3) is 0 Å². The molecular formula is C13H15N3OS2. The molecule has 19 heavy (non-hydrogen) atoms. The first kappa shape index (κ1) is 12.9. The van der Waals surface area contributed by atoms with Crippen LogP contribution in [-0.4, -0.2) is 36.3 Å². The predicted octanol–water partition coefficient (Wildman–Crippen LogP) is 1.72. The Labute approximate surface area is 120 Å². The summed E-state index contributed by atoms with van der Waals surface area (Å²) in [6, 6.07) is 8.05. The number of rotatable bonds is 5. The van der Waals surface area contributed by atoms with Crippen molar-refractivity contribution in [3.8, 4) is 0 Å². The number of thiazole rings is 1. The van der Waals surface area contributed by atoms with Crippen molar-refractivity contribution in [2.45, 2.75) is 4.34 Å². The number of amides is 1. The van der Waals surface area contributed by atoms with Gasteiger partial charge < -0.3 is 10.6 Å². The SMILES string of the molecule is O=C(CSc1nc2ccccc2s1)NCC1CNC1. The molecule has 100 valence electrons. The summed E-state index contributed by atoms with van der Waals surface area (Å²) in [6.07, 6.45) is 0. The summed E-state index contributed by atoms with van der Waals surface area (Å²) in [5, 5.41) is 6.16. The monoisotopic (exact) mass is 293 g/mol. The van der Waals surface area contributed by atoms with Gasteiger partial charge in [0.15, 0.2) is 4.34 Å². The summed E-state index contributed by atoms with van der Waals surface area (Å²) in [5.41, 5.74) is 1.01. The third-order valence-electron chi connectivity index (χ3n) is 3.05. The number of hydrogen-bond donors (Lipinski definition) is 2. The zero-order valence-corrected chi connectivity index (χ0v) is 12.0. The highest BCUT2D eigenvalue weighted by atomic mass is 32.2. The van der Waals surface area contributed by atoms with Crippen molar-refractivity contribution in [2.75, 3.05) is 25.4 Å². The second-order valence-electron chi connectivity index (χ2n) is 4.56. The quantitative estimate of drug-likeness (QED) is 0.824. The Balaban J connectivity index is 1.49. The minimum atomic E-state index is 0.0937. The fourth-order valence-electron chi connectivity index (χ4n) is 1.84. The van der Waals surface area contributed by atoms with Crippen molar-refractivity contribution in [1.82, 2.24) is 15.6 Å². The number of carbonyl (C=O) groups is 1. The van der Waals surface area contributed by atoms with E-state index in [4.69, 9.17) is 0 Å². The first-order valence-corrected chi connectivity index (χ1v) is 8.07. The zero-order chi connectivity index (χ0) is 13.1. The molecule has 2 aromatic rings. The molecule has 4 nitrogen and oxygen atoms in total. The summed E-state index contributed by atoms with van der Waals surface area (Å²) in [6.45, 7) is 2.82. The van der Waals surface area contributed by atoms with E-state index >= 15 is 0 Å². The maximum Gasteiger partial charge on any atom is 0.230 e. The van der Waals surface area contributed by atoms with Gasteiger partial charge >= 0.3 is 0 Å². The Kier molecular flexibility index (Phi) is 4.00. The Morgan fingerprint density at radius 1 is 1.47 bits per heavy atom. The molecule has 1 aliphatic heterocycles. The van der Waals surface area contributed by atoms with Crippen molar-refractivity contribution < 1.29 is 4.79 Å². The molecule has 6 heteroatoms. The van der Waals surface area contributed by atoms with Crippen LogP contribution < -0.4 is 10.6 Å². The molecule has 0 unspecified atom stereocenters. The molecule has 0 spiro atoms. The van der Waals surface area contributed by atoms with E-state index in [2.05, 4.69) is 21.7 Å². The second-order valence-corrected chi connectivity index (χ2v) is 6.82. The van der Waals surface area contributed by atoms with Crippen molar-refractivity contribution in [2.24, 2.45) is 5.92 Å². The van der Waals surface area contributed by atoms with Crippen LogP contribution in [-0.2, 0) is 4.79 Å². The molecule has 1 fully saturated rings. The number of carbonyl (C=O) groups excluding carboxylic acids is 1. The summed E-state index contributed by atoms with van der Waals surface area (Å²) in [7, 11) is 0. The average Bonchev–Trinajstić information content (AvgIpc) is 2.77. The van der Waals surface area contributed by atoms with Crippen LogP contribution in [0.15, 0.2) is 28.6 Å². The molecule has 0 aliphatic carbocycles. The summed E-state index contributed by atoms with van der Waals surface area (Å²) >= 11 is 3.15. The molecular weight excluding hydrogens is 278 g/mol. The van der Waals surface area contributed by atoms with Gasteiger partial charge in [-0.25, -0.2) is 4.98 Å². The van der Waals surface area contributed by atoms with Crippen LogP contribution in [0.2, 0.25) is 0 Å². The van der Waals surface area contributed by atoms with Crippen LogP contribution in [0.25, 0.3) is 10.2 Å². The average molecular weight is 293 g/mol. The number of benzene rings is 1. The first-order chi connectivity index (χ1) is 9.31. The summed E-state index contributed by atoms with van der Waals surface area (Å²) in [5.74, 6) is 1.15. The lowest BCUT2D eigenvalue weighted by atomic mass is 10.0. The van der Waals surface area contributed by atoms with E-state index in [1.807, 2.05) is 18.2 Å². The number of nitrogens with one attached hydrogen (secondary N) is 2. The van der Waals surface area contributed by atoms with E-state index in [0.717, 1.165) is 29.5 Å². The van der Waals surface area contributed by atoms with Gasteiger partial charge in [-0.05, 0) is 12.1 Å². The standard InChI is InChI=1S/C13H15N3OS2/c17-12(15-7-9-5-14-6-9)8-18-13-16-10-3-1-2-4-11(10)19-13/h1-4,9,14H,5-8H2,(H,15,17). The molecule has 1 aromatic heterocycles. The Morgan fingerprint density at radius 3 is 3.05 bits per heavy atom. The van der Waals surface area contributed by atoms with Crippen LogP contribution >= 0.6 is 23.1 Å². The molecule has 1 amide bonds. The largest absolute Gasteiger partial charge is 0.355 e. The summed E-state index contributed by atoms with van der Waals surface area (Å²) < 4.78 is 2.13. The van der Waals surface area contributed by atoms with Gasteiger partial charge in [0, 0.05) is 25.6 Å². The molecule has 2 N–H and O–H groups in total. The van der Waals surface area contributed by atoms with E-state index in [9.17, 15) is 4.79 Å². The molecule has 0 bridgehead atoms. The Hall–Kier alpha value is -1.11. The van der Waals surface area contributed by atoms with E-state index in [1.54, 1.807) is 11.3 Å². The normalized spacial score (nSPS) is 15.4. The second kappa shape index (κ2) is 5.90. The van der Waals surface area contributed by atoms with Gasteiger partial charge in [-0.1, -0.05) is 23.9 Å². The maximum atomic E-state index is 11.7. The molecule has 0 radical (unpaired) electrons. The van der Waals surface area contributed by atoms with Gasteiger partial charge in [0.2, 0.25) is 5.91 Å². The molecule has 0 atom stereocenters. The van der Waals surface area contributed by atoms with Crippen molar-refractivity contribution in [1.29, 1.82) is 0 Å². The van der Waals surface area contributed by atoms with Crippen LogP contribution in [0.4, 0.5) is 0 Å². The minimum absolute atomic E-state index is 0.0937. The lowest BCUT2D eigenvalue weighted by Gasteiger charge is -2.26. The van der Waals surface area contributed by atoms with Crippen LogP contribution in [0.1, 0.15) is 0 Å². The molecule has 0 saturated carbocycles. The van der Waals surface area contributed by atoms with Crippen molar-refractivity contribution in [3.63, 3.8) is 0 Å². The van der Waals surface area contributed by atoms with Crippen molar-refractivity contribution in [3.05, 3.63) is 24.3 Å². The highest BCUT2D eigenvalue weighted by Gasteiger charge is 2.17. The van der Waals surface area contributed by atoms with E-state index in [-0.39, 0.29) is 5.91 Å². The fourth-order valence-corrected chi connectivity index (χ4v) is 3.74. The third kappa shape index (κ3) is 3.26. The van der Waals surface area contributed by atoms with E-state index < -0.39 is 0 Å². The lowest BCUT2D eigenvalue weighted by molar-refractivity contribution is -0.118. The zero-order valence-electron chi connectivity index (χ0n) is 10.4. The number of hydrogen-bond acceptors (Lipinski definition) is 5. The fraction of sp³-hybridized carbons (Fsp3) is 0.385. The van der Waals surface area contributed by atoms with Gasteiger partial charge in [-0.15, -0.1) is 11.3 Å². The molecule has 3 rings (SSSR count). The Morgan fingerprint density at radius 2 is 2.32 bits per heavy atom.